The molecule has 1 fully saturated rings. The van der Waals surface area contributed by atoms with Gasteiger partial charge in [0.15, 0.2) is 5.13 Å². The van der Waals surface area contributed by atoms with Gasteiger partial charge in [0.1, 0.15) is 0 Å². The van der Waals surface area contributed by atoms with E-state index in [9.17, 15) is 4.79 Å². The van der Waals surface area contributed by atoms with E-state index >= 15 is 0 Å². The molecule has 1 atom stereocenters. The van der Waals surface area contributed by atoms with E-state index < -0.39 is 0 Å². The van der Waals surface area contributed by atoms with Crippen LogP contribution in [0.25, 0.3) is 0 Å². The number of nitrogens with two attached hydrogens (primary N) is 1. The maximum atomic E-state index is 12.0. The average molecular weight is 355 g/mol. The summed E-state index contributed by atoms with van der Waals surface area (Å²) in [6.07, 6.45) is 3.68. The van der Waals surface area contributed by atoms with Crippen molar-refractivity contribution in [2.45, 2.75) is 32.7 Å². The van der Waals surface area contributed by atoms with Crippen LogP contribution in [0.1, 0.15) is 25.1 Å². The number of nitrogens with zero attached hydrogens (tertiary/aromatic N) is 3. The van der Waals surface area contributed by atoms with Crippen molar-refractivity contribution in [1.29, 1.82) is 0 Å². The Bertz CT molecular complexity index is 436. The first-order chi connectivity index (χ1) is 9.15. The van der Waals surface area contributed by atoms with Gasteiger partial charge in [0, 0.05) is 37.3 Å². The van der Waals surface area contributed by atoms with E-state index in [2.05, 4.69) is 16.8 Å². The third kappa shape index (κ3) is 4.98. The molecule has 1 saturated heterocycles. The van der Waals surface area contributed by atoms with Crippen LogP contribution in [0.3, 0.4) is 0 Å². The number of amides is 1. The molecule has 1 aromatic heterocycles. The van der Waals surface area contributed by atoms with E-state index in [1.807, 2.05) is 18.0 Å². The first kappa shape index (κ1) is 20.4. The van der Waals surface area contributed by atoms with Gasteiger partial charge in [0.2, 0.25) is 5.91 Å². The van der Waals surface area contributed by atoms with E-state index in [0.29, 0.717) is 6.42 Å². The fourth-order valence-electron chi connectivity index (χ4n) is 2.13. The maximum Gasteiger partial charge on any atom is 0.239 e. The lowest BCUT2D eigenvalue weighted by atomic mass is 10.2. The molecule has 21 heavy (non-hydrogen) atoms. The summed E-state index contributed by atoms with van der Waals surface area (Å²) in [5, 5.41) is 1.07. The van der Waals surface area contributed by atoms with Crippen LogP contribution >= 0.6 is 36.2 Å². The van der Waals surface area contributed by atoms with Gasteiger partial charge in [-0.25, -0.2) is 4.98 Å². The first-order valence-corrected chi connectivity index (χ1v) is 7.71. The van der Waals surface area contributed by atoms with Gasteiger partial charge in [-0.3, -0.25) is 4.79 Å². The summed E-state index contributed by atoms with van der Waals surface area (Å²) in [6, 6.07) is -0.349. The number of aryl methyl sites for hydroxylation is 1. The van der Waals surface area contributed by atoms with E-state index in [-0.39, 0.29) is 36.8 Å². The zero-order chi connectivity index (χ0) is 13.8. The predicted molar refractivity (Wildman–Crippen MR) is 93.0 cm³/mol. The van der Waals surface area contributed by atoms with Crippen molar-refractivity contribution in [3.8, 4) is 0 Å². The van der Waals surface area contributed by atoms with Crippen LogP contribution in [0.5, 0.6) is 0 Å². The van der Waals surface area contributed by atoms with E-state index in [1.54, 1.807) is 11.3 Å². The number of thiazole rings is 1. The summed E-state index contributed by atoms with van der Waals surface area (Å²) >= 11 is 1.75. The Kier molecular flexibility index (Phi) is 9.20. The minimum absolute atomic E-state index is 0. The minimum Gasteiger partial charge on any atom is -0.345 e. The Morgan fingerprint density at radius 2 is 1.95 bits per heavy atom. The van der Waals surface area contributed by atoms with Crippen molar-refractivity contribution >= 4 is 47.2 Å². The average Bonchev–Trinajstić information content (AvgIpc) is 2.94. The van der Waals surface area contributed by atoms with Crippen molar-refractivity contribution < 1.29 is 4.79 Å². The molecule has 1 amide bonds. The monoisotopic (exact) mass is 354 g/mol. The van der Waals surface area contributed by atoms with Crippen molar-refractivity contribution in [2.24, 2.45) is 5.73 Å². The van der Waals surface area contributed by atoms with Gasteiger partial charge in [-0.1, -0.05) is 13.8 Å². The Morgan fingerprint density at radius 3 is 2.43 bits per heavy atom. The number of halogens is 2. The van der Waals surface area contributed by atoms with Crippen LogP contribution in [0.4, 0.5) is 5.13 Å². The summed E-state index contributed by atoms with van der Waals surface area (Å²) in [7, 11) is 0. The number of carbonyl (C=O) groups excluding carboxylic acids is 1. The molecular formula is C13H24Cl2N4OS. The molecule has 0 aliphatic carbocycles. The molecule has 2 rings (SSSR count). The topological polar surface area (TPSA) is 62.5 Å². The second-order valence-corrected chi connectivity index (χ2v) is 5.88. The summed E-state index contributed by atoms with van der Waals surface area (Å²) in [4.78, 5) is 21.9. The first-order valence-electron chi connectivity index (χ1n) is 6.89. The quantitative estimate of drug-likeness (QED) is 0.897. The largest absolute Gasteiger partial charge is 0.345 e. The molecule has 122 valence electrons. The highest BCUT2D eigenvalue weighted by Crippen LogP contribution is 2.23. The minimum atomic E-state index is -0.349. The molecule has 1 aromatic rings. The molecule has 2 heterocycles. The van der Waals surface area contributed by atoms with Gasteiger partial charge < -0.3 is 15.5 Å². The highest BCUT2D eigenvalue weighted by atomic mass is 35.5. The maximum absolute atomic E-state index is 12.0. The Hall–Kier alpha value is -0.560. The van der Waals surface area contributed by atoms with Crippen molar-refractivity contribution in [2.75, 3.05) is 31.1 Å². The van der Waals surface area contributed by atoms with Crippen molar-refractivity contribution in [3.63, 3.8) is 0 Å². The molecule has 0 radical (unpaired) electrons. The predicted octanol–water partition coefficient (Wildman–Crippen LogP) is 1.94. The van der Waals surface area contributed by atoms with Gasteiger partial charge >= 0.3 is 0 Å². The summed E-state index contributed by atoms with van der Waals surface area (Å²) < 4.78 is 0. The highest BCUT2D eigenvalue weighted by Gasteiger charge is 2.25. The fourth-order valence-corrected chi connectivity index (χ4v) is 3.04. The molecule has 0 saturated carbocycles. The second kappa shape index (κ2) is 9.46. The third-order valence-electron chi connectivity index (χ3n) is 3.51. The molecule has 0 unspecified atom stereocenters. The molecule has 2 N–H and O–H groups in total. The summed E-state index contributed by atoms with van der Waals surface area (Å²) in [5.74, 6) is 0.0792. The Morgan fingerprint density at radius 1 is 1.33 bits per heavy atom. The number of rotatable bonds is 4. The number of piperazine rings is 1. The van der Waals surface area contributed by atoms with Gasteiger partial charge in [0.25, 0.3) is 0 Å². The van der Waals surface area contributed by atoms with Crippen LogP contribution in [0.2, 0.25) is 0 Å². The SMILES string of the molecule is CCc1cnc(N2CCN(C(=O)[C@@H](N)CC)CC2)s1.Cl.Cl. The lowest BCUT2D eigenvalue weighted by Crippen LogP contribution is -2.53. The van der Waals surface area contributed by atoms with E-state index in [4.69, 9.17) is 5.73 Å². The molecule has 0 spiro atoms. The normalized spacial score (nSPS) is 16.0. The number of hydrogen-bond donors (Lipinski definition) is 1. The molecule has 1 aliphatic rings. The van der Waals surface area contributed by atoms with Crippen molar-refractivity contribution in [3.05, 3.63) is 11.1 Å². The standard InChI is InChI=1S/C13H22N4OS.2ClH/c1-3-10-9-15-13(19-10)17-7-5-16(6-8-17)12(18)11(14)4-2;;/h9,11H,3-8,14H2,1-2H3;2*1H/t11-;;/m0../s1. The number of carbonyl (C=O) groups is 1. The number of hydrogen-bond acceptors (Lipinski definition) is 5. The highest BCUT2D eigenvalue weighted by molar-refractivity contribution is 7.15. The number of anilines is 1. The molecule has 5 nitrogen and oxygen atoms in total. The van der Waals surface area contributed by atoms with Gasteiger partial charge in [0.05, 0.1) is 6.04 Å². The zero-order valence-corrected chi connectivity index (χ0v) is 14.9. The van der Waals surface area contributed by atoms with Crippen LogP contribution in [0.15, 0.2) is 6.20 Å². The molecule has 1 aliphatic heterocycles. The lowest BCUT2D eigenvalue weighted by molar-refractivity contribution is -0.132. The molecule has 8 heteroatoms. The van der Waals surface area contributed by atoms with Crippen molar-refractivity contribution in [1.82, 2.24) is 9.88 Å². The van der Waals surface area contributed by atoms with E-state index in [1.165, 1.54) is 4.88 Å². The fraction of sp³-hybridized carbons (Fsp3) is 0.692. The van der Waals surface area contributed by atoms with Gasteiger partial charge in [-0.15, -0.1) is 36.2 Å². The van der Waals surface area contributed by atoms with Crippen LogP contribution in [-0.4, -0.2) is 48.0 Å². The Labute approximate surface area is 142 Å². The number of aromatic nitrogens is 1. The smallest absolute Gasteiger partial charge is 0.239 e. The summed E-state index contributed by atoms with van der Waals surface area (Å²) in [6.45, 7) is 7.26. The third-order valence-corrected chi connectivity index (χ3v) is 4.71. The summed E-state index contributed by atoms with van der Waals surface area (Å²) in [5.41, 5.74) is 5.80. The van der Waals surface area contributed by atoms with Crippen LogP contribution in [-0.2, 0) is 11.2 Å². The Balaban J connectivity index is 0.00000200. The molecule has 0 bridgehead atoms. The molecule has 0 aromatic carbocycles. The lowest BCUT2D eigenvalue weighted by Gasteiger charge is -2.35. The molecular weight excluding hydrogens is 331 g/mol. The van der Waals surface area contributed by atoms with E-state index in [0.717, 1.165) is 37.7 Å². The van der Waals surface area contributed by atoms with Gasteiger partial charge in [-0.2, -0.15) is 0 Å². The van der Waals surface area contributed by atoms with Gasteiger partial charge in [-0.05, 0) is 12.8 Å². The van der Waals surface area contributed by atoms with Crippen LogP contribution < -0.4 is 10.6 Å². The zero-order valence-electron chi connectivity index (χ0n) is 12.4. The second-order valence-electron chi connectivity index (χ2n) is 4.79. The van der Waals surface area contributed by atoms with Crippen LogP contribution in [0, 0.1) is 0 Å².